The zero-order chi connectivity index (χ0) is 13.1. The highest BCUT2D eigenvalue weighted by molar-refractivity contribution is 5.93. The van der Waals surface area contributed by atoms with Gasteiger partial charge in [0.2, 0.25) is 0 Å². The van der Waals surface area contributed by atoms with Gasteiger partial charge in [0.15, 0.2) is 0 Å². The zero-order valence-electron chi connectivity index (χ0n) is 9.89. The molecule has 6 heteroatoms. The van der Waals surface area contributed by atoms with Crippen LogP contribution in [0.2, 0.25) is 0 Å². The summed E-state index contributed by atoms with van der Waals surface area (Å²) in [5, 5.41) is 18.0. The first-order chi connectivity index (χ1) is 8.63. The number of carboxylic acids is 1. The second-order valence-corrected chi connectivity index (χ2v) is 4.26. The van der Waals surface area contributed by atoms with Crippen molar-refractivity contribution >= 4 is 17.6 Å². The van der Waals surface area contributed by atoms with Crippen LogP contribution in [0, 0.1) is 11.3 Å². The summed E-state index contributed by atoms with van der Waals surface area (Å²) >= 11 is 0. The molecule has 0 bridgehead atoms. The van der Waals surface area contributed by atoms with Crippen LogP contribution in [-0.4, -0.2) is 29.1 Å². The number of nitrogens with two attached hydrogens (primary N) is 1. The highest BCUT2D eigenvalue weighted by Crippen LogP contribution is 2.25. The van der Waals surface area contributed by atoms with E-state index in [2.05, 4.69) is 4.98 Å². The summed E-state index contributed by atoms with van der Waals surface area (Å²) in [6, 6.07) is 3.29. The summed E-state index contributed by atoms with van der Waals surface area (Å²) in [7, 11) is 0. The molecule has 3 N–H and O–H groups in total. The van der Waals surface area contributed by atoms with E-state index in [1.807, 2.05) is 11.0 Å². The maximum Gasteiger partial charge on any atom is 0.339 e. The number of carbonyl (C=O) groups is 1. The van der Waals surface area contributed by atoms with E-state index in [1.165, 1.54) is 12.5 Å². The number of aromatic nitrogens is 1. The molecule has 94 valence electrons. The molecule has 0 spiro atoms. The normalized spacial score (nSPS) is 15.2. The van der Waals surface area contributed by atoms with Crippen molar-refractivity contribution in [3.63, 3.8) is 0 Å². The molecule has 0 aliphatic carbocycles. The van der Waals surface area contributed by atoms with Crippen molar-refractivity contribution in [2.75, 3.05) is 23.7 Å². The quantitative estimate of drug-likeness (QED) is 0.813. The van der Waals surface area contributed by atoms with Crippen molar-refractivity contribution in [1.82, 2.24) is 4.98 Å². The number of piperidine rings is 1. The molecule has 1 aliphatic rings. The first-order valence-corrected chi connectivity index (χ1v) is 5.82. The van der Waals surface area contributed by atoms with E-state index in [-0.39, 0.29) is 16.9 Å². The number of pyridine rings is 1. The number of hydrogen-bond acceptors (Lipinski definition) is 5. The Morgan fingerprint density at radius 3 is 2.67 bits per heavy atom. The van der Waals surface area contributed by atoms with Crippen LogP contribution in [-0.2, 0) is 0 Å². The molecule has 0 unspecified atom stereocenters. The topological polar surface area (TPSA) is 103 Å². The van der Waals surface area contributed by atoms with E-state index < -0.39 is 5.97 Å². The Bertz CT molecular complexity index is 516. The lowest BCUT2D eigenvalue weighted by Gasteiger charge is -2.28. The van der Waals surface area contributed by atoms with Gasteiger partial charge in [-0.25, -0.2) is 9.78 Å². The van der Waals surface area contributed by atoms with E-state index in [4.69, 9.17) is 16.1 Å². The molecule has 1 aromatic heterocycles. The second-order valence-electron chi connectivity index (χ2n) is 4.26. The molecule has 18 heavy (non-hydrogen) atoms. The molecule has 1 aromatic rings. The summed E-state index contributed by atoms with van der Waals surface area (Å²) in [6.07, 6.45) is 3.27. The monoisotopic (exact) mass is 246 g/mol. The molecular formula is C12H14N4O2. The van der Waals surface area contributed by atoms with E-state index >= 15 is 0 Å². The van der Waals surface area contributed by atoms with Crippen LogP contribution in [0.15, 0.2) is 6.07 Å². The molecule has 1 aliphatic heterocycles. The van der Waals surface area contributed by atoms with Crippen molar-refractivity contribution in [1.29, 1.82) is 5.26 Å². The van der Waals surface area contributed by atoms with Crippen LogP contribution in [0.1, 0.15) is 35.2 Å². The molecular weight excluding hydrogens is 232 g/mol. The number of nitrogen functional groups attached to an aromatic ring is 1. The Morgan fingerprint density at radius 2 is 2.11 bits per heavy atom. The zero-order valence-corrected chi connectivity index (χ0v) is 9.89. The third kappa shape index (κ3) is 2.20. The first-order valence-electron chi connectivity index (χ1n) is 5.82. The molecule has 1 fully saturated rings. The number of anilines is 2. The summed E-state index contributed by atoms with van der Waals surface area (Å²) < 4.78 is 0. The van der Waals surface area contributed by atoms with Crippen LogP contribution in [0.5, 0.6) is 0 Å². The van der Waals surface area contributed by atoms with Crippen LogP contribution in [0.4, 0.5) is 11.6 Å². The fourth-order valence-electron chi connectivity index (χ4n) is 2.12. The number of aromatic carboxylic acids is 1. The fraction of sp³-hybridized carbons (Fsp3) is 0.417. The van der Waals surface area contributed by atoms with E-state index in [0.717, 1.165) is 25.9 Å². The van der Waals surface area contributed by atoms with Gasteiger partial charge in [0, 0.05) is 13.1 Å². The largest absolute Gasteiger partial charge is 0.478 e. The number of hydrogen-bond donors (Lipinski definition) is 2. The van der Waals surface area contributed by atoms with E-state index in [1.54, 1.807) is 0 Å². The van der Waals surface area contributed by atoms with Crippen LogP contribution < -0.4 is 10.6 Å². The lowest BCUT2D eigenvalue weighted by atomic mass is 10.1. The molecule has 0 atom stereocenters. The number of carboxylic acid groups (broad SMARTS) is 1. The average molecular weight is 246 g/mol. The highest BCUT2D eigenvalue weighted by atomic mass is 16.4. The van der Waals surface area contributed by atoms with Crippen molar-refractivity contribution in [3.8, 4) is 6.07 Å². The van der Waals surface area contributed by atoms with Gasteiger partial charge in [0.05, 0.1) is 5.56 Å². The first kappa shape index (κ1) is 12.2. The molecule has 6 nitrogen and oxygen atoms in total. The Kier molecular flexibility index (Phi) is 3.33. The van der Waals surface area contributed by atoms with Crippen molar-refractivity contribution in [2.45, 2.75) is 19.3 Å². The Morgan fingerprint density at radius 1 is 1.44 bits per heavy atom. The molecule has 0 radical (unpaired) electrons. The molecule has 0 saturated carbocycles. The van der Waals surface area contributed by atoms with Crippen LogP contribution in [0.25, 0.3) is 0 Å². The van der Waals surface area contributed by atoms with Gasteiger partial charge >= 0.3 is 5.97 Å². The second kappa shape index (κ2) is 4.92. The smallest absolute Gasteiger partial charge is 0.339 e. The van der Waals surface area contributed by atoms with Gasteiger partial charge in [0.25, 0.3) is 0 Å². The van der Waals surface area contributed by atoms with Crippen molar-refractivity contribution in [2.24, 2.45) is 0 Å². The fourth-order valence-corrected chi connectivity index (χ4v) is 2.12. The van der Waals surface area contributed by atoms with Gasteiger partial charge in [-0.2, -0.15) is 5.26 Å². The molecule has 2 heterocycles. The maximum absolute atomic E-state index is 10.9. The number of rotatable bonds is 2. The standard InChI is InChI=1S/C12H14N4O2/c13-7-8-6-9(12(17)18)10(14)15-11(8)16-4-2-1-3-5-16/h6H,1-5H2,(H2,14,15)(H,17,18). The lowest BCUT2D eigenvalue weighted by Crippen LogP contribution is -2.31. The summed E-state index contributed by atoms with van der Waals surface area (Å²) in [5.74, 6) is -0.705. The number of nitriles is 1. The van der Waals surface area contributed by atoms with Crippen molar-refractivity contribution in [3.05, 3.63) is 17.2 Å². The molecule has 1 saturated heterocycles. The Hall–Kier alpha value is -2.29. The molecule has 2 rings (SSSR count). The third-order valence-corrected chi connectivity index (χ3v) is 3.04. The Labute approximate surface area is 105 Å². The van der Waals surface area contributed by atoms with Crippen LogP contribution in [0.3, 0.4) is 0 Å². The summed E-state index contributed by atoms with van der Waals surface area (Å²) in [4.78, 5) is 17.0. The van der Waals surface area contributed by atoms with Crippen LogP contribution >= 0.6 is 0 Å². The minimum atomic E-state index is -1.17. The van der Waals surface area contributed by atoms with Gasteiger partial charge < -0.3 is 15.7 Å². The maximum atomic E-state index is 10.9. The van der Waals surface area contributed by atoms with Crippen molar-refractivity contribution < 1.29 is 9.90 Å². The van der Waals surface area contributed by atoms with Gasteiger partial charge in [0.1, 0.15) is 23.3 Å². The minimum absolute atomic E-state index is 0.0397. The SMILES string of the molecule is N#Cc1cc(C(=O)O)c(N)nc1N1CCCCC1. The van der Waals surface area contributed by atoms with E-state index in [9.17, 15) is 4.79 Å². The summed E-state index contributed by atoms with van der Waals surface area (Å²) in [5.41, 5.74) is 5.77. The predicted octanol–water partition coefficient (Wildman–Crippen LogP) is 1.22. The summed E-state index contributed by atoms with van der Waals surface area (Å²) in [6.45, 7) is 1.65. The van der Waals surface area contributed by atoms with Gasteiger partial charge in [-0.05, 0) is 25.3 Å². The Balaban J connectivity index is 2.44. The average Bonchev–Trinajstić information content (AvgIpc) is 2.39. The third-order valence-electron chi connectivity index (χ3n) is 3.04. The van der Waals surface area contributed by atoms with E-state index in [0.29, 0.717) is 5.82 Å². The molecule has 0 aromatic carbocycles. The van der Waals surface area contributed by atoms with Gasteiger partial charge in [-0.3, -0.25) is 0 Å². The highest BCUT2D eigenvalue weighted by Gasteiger charge is 2.20. The lowest BCUT2D eigenvalue weighted by molar-refractivity contribution is 0.0697. The minimum Gasteiger partial charge on any atom is -0.478 e. The van der Waals surface area contributed by atoms with Gasteiger partial charge in [-0.1, -0.05) is 0 Å². The van der Waals surface area contributed by atoms with Gasteiger partial charge in [-0.15, -0.1) is 0 Å². The number of nitrogens with zero attached hydrogens (tertiary/aromatic N) is 3. The molecule has 0 amide bonds. The predicted molar refractivity (Wildman–Crippen MR) is 66.4 cm³/mol.